The topological polar surface area (TPSA) is 12.5 Å². The van der Waals surface area contributed by atoms with Gasteiger partial charge >= 0.3 is 0 Å². The van der Waals surface area contributed by atoms with E-state index in [2.05, 4.69) is 65.0 Å². The van der Waals surface area contributed by atoms with Gasteiger partial charge < -0.3 is 4.74 Å². The zero-order valence-corrected chi connectivity index (χ0v) is 12.3. The summed E-state index contributed by atoms with van der Waals surface area (Å²) in [6, 6.07) is 10.6. The second kappa shape index (κ2) is 8.67. The fourth-order valence-corrected chi connectivity index (χ4v) is 2.15. The zero-order chi connectivity index (χ0) is 12.5. The van der Waals surface area contributed by atoms with Gasteiger partial charge in [-0.2, -0.15) is 0 Å². The van der Waals surface area contributed by atoms with Crippen molar-refractivity contribution in [3.63, 3.8) is 0 Å². The number of ether oxygens (including phenoxy) is 1. The molecule has 1 aromatic carbocycles. The van der Waals surface area contributed by atoms with Gasteiger partial charge in [0.15, 0.2) is 0 Å². The molecule has 0 unspecified atom stereocenters. The molecule has 17 heavy (non-hydrogen) atoms. The number of halogens is 1. The number of hydrogen-bond acceptors (Lipinski definition) is 2. The molecule has 96 valence electrons. The Bertz CT molecular complexity index is 290. The van der Waals surface area contributed by atoms with E-state index in [-0.39, 0.29) is 0 Å². The van der Waals surface area contributed by atoms with Crippen molar-refractivity contribution in [1.82, 2.24) is 4.90 Å². The molecule has 0 atom stereocenters. The molecule has 0 N–H and O–H groups in total. The van der Waals surface area contributed by atoms with Gasteiger partial charge in [0.1, 0.15) is 0 Å². The summed E-state index contributed by atoms with van der Waals surface area (Å²) in [5, 5.41) is 1.00. The summed E-state index contributed by atoms with van der Waals surface area (Å²) in [6.07, 6.45) is 0.317. The first-order valence-electron chi connectivity index (χ1n) is 6.16. The molecular weight excluding hydrogens is 278 g/mol. The van der Waals surface area contributed by atoms with E-state index in [1.165, 1.54) is 5.56 Å². The van der Waals surface area contributed by atoms with Crippen LogP contribution in [0.25, 0.3) is 0 Å². The van der Waals surface area contributed by atoms with Crippen LogP contribution in [0.2, 0.25) is 0 Å². The Balaban J connectivity index is 2.37. The Morgan fingerprint density at radius 1 is 1.18 bits per heavy atom. The average molecular weight is 300 g/mol. The van der Waals surface area contributed by atoms with E-state index in [1.807, 2.05) is 0 Å². The monoisotopic (exact) mass is 299 g/mol. The smallest absolute Gasteiger partial charge is 0.0597 e. The molecule has 0 aliphatic carbocycles. The van der Waals surface area contributed by atoms with Crippen molar-refractivity contribution in [3.05, 3.63) is 35.9 Å². The molecule has 1 aromatic rings. The van der Waals surface area contributed by atoms with E-state index < -0.39 is 0 Å². The highest BCUT2D eigenvalue weighted by Gasteiger charge is 2.05. The quantitative estimate of drug-likeness (QED) is 0.683. The summed E-state index contributed by atoms with van der Waals surface area (Å²) in [4.78, 5) is 2.41. The van der Waals surface area contributed by atoms with Crippen molar-refractivity contribution in [2.45, 2.75) is 26.5 Å². The second-order valence-corrected chi connectivity index (χ2v) is 5.16. The Kier molecular flexibility index (Phi) is 7.49. The summed E-state index contributed by atoms with van der Waals surface area (Å²) >= 11 is 3.50. The molecule has 2 nitrogen and oxygen atoms in total. The van der Waals surface area contributed by atoms with Crippen LogP contribution >= 0.6 is 15.9 Å². The first-order chi connectivity index (χ1) is 8.22. The SMILES string of the molecule is CC(C)OCCN(CCBr)Cc1ccccc1. The van der Waals surface area contributed by atoms with Crippen LogP contribution in [0.5, 0.6) is 0 Å². The third kappa shape index (κ3) is 6.81. The van der Waals surface area contributed by atoms with Crippen LogP contribution in [-0.4, -0.2) is 36.0 Å². The minimum Gasteiger partial charge on any atom is -0.377 e. The molecule has 0 aromatic heterocycles. The van der Waals surface area contributed by atoms with Gasteiger partial charge in [-0.1, -0.05) is 46.3 Å². The lowest BCUT2D eigenvalue weighted by atomic mass is 10.2. The maximum atomic E-state index is 5.60. The third-order valence-electron chi connectivity index (χ3n) is 2.51. The number of nitrogens with zero attached hydrogens (tertiary/aromatic N) is 1. The highest BCUT2D eigenvalue weighted by atomic mass is 79.9. The molecule has 0 bridgehead atoms. The van der Waals surface area contributed by atoms with Gasteiger partial charge in [0.05, 0.1) is 12.7 Å². The van der Waals surface area contributed by atoms with Crippen LogP contribution in [0.4, 0.5) is 0 Å². The number of alkyl halides is 1. The van der Waals surface area contributed by atoms with Crippen molar-refractivity contribution in [2.75, 3.05) is 25.0 Å². The predicted octanol–water partition coefficient (Wildman–Crippen LogP) is 3.31. The van der Waals surface area contributed by atoms with Gasteiger partial charge in [0.25, 0.3) is 0 Å². The van der Waals surface area contributed by atoms with Crippen molar-refractivity contribution >= 4 is 15.9 Å². The van der Waals surface area contributed by atoms with Gasteiger partial charge in [0.2, 0.25) is 0 Å². The van der Waals surface area contributed by atoms with Gasteiger partial charge in [-0.3, -0.25) is 4.90 Å². The van der Waals surface area contributed by atoms with Crippen molar-refractivity contribution in [2.24, 2.45) is 0 Å². The molecule has 0 saturated carbocycles. The third-order valence-corrected chi connectivity index (χ3v) is 2.86. The van der Waals surface area contributed by atoms with E-state index in [9.17, 15) is 0 Å². The maximum absolute atomic E-state index is 5.60. The highest BCUT2D eigenvalue weighted by molar-refractivity contribution is 9.09. The van der Waals surface area contributed by atoms with E-state index in [0.717, 1.165) is 31.6 Å². The molecule has 3 heteroatoms. The van der Waals surface area contributed by atoms with Crippen LogP contribution in [0.3, 0.4) is 0 Å². The second-order valence-electron chi connectivity index (χ2n) is 4.37. The van der Waals surface area contributed by atoms with Crippen LogP contribution in [0, 0.1) is 0 Å². The summed E-state index contributed by atoms with van der Waals surface area (Å²) in [5.74, 6) is 0. The molecule has 0 spiro atoms. The molecule has 0 aliphatic rings. The Hall–Kier alpha value is -0.380. The number of rotatable bonds is 8. The average Bonchev–Trinajstić information content (AvgIpc) is 2.30. The lowest BCUT2D eigenvalue weighted by Crippen LogP contribution is -2.29. The van der Waals surface area contributed by atoms with Crippen LogP contribution < -0.4 is 0 Å². The van der Waals surface area contributed by atoms with Gasteiger partial charge in [0, 0.05) is 25.0 Å². The molecule has 0 aliphatic heterocycles. The van der Waals surface area contributed by atoms with Crippen LogP contribution in [0.15, 0.2) is 30.3 Å². The minimum atomic E-state index is 0.317. The fourth-order valence-electron chi connectivity index (χ4n) is 1.65. The van der Waals surface area contributed by atoms with Crippen LogP contribution in [0.1, 0.15) is 19.4 Å². The number of hydrogen-bond donors (Lipinski definition) is 0. The fraction of sp³-hybridized carbons (Fsp3) is 0.571. The Labute approximate surface area is 113 Å². The van der Waals surface area contributed by atoms with E-state index in [0.29, 0.717) is 6.10 Å². The first-order valence-corrected chi connectivity index (χ1v) is 7.28. The molecule has 1 rings (SSSR count). The molecule has 0 heterocycles. The summed E-state index contributed by atoms with van der Waals surface area (Å²) in [7, 11) is 0. The molecule has 0 saturated heterocycles. The van der Waals surface area contributed by atoms with Gasteiger partial charge in [-0.15, -0.1) is 0 Å². The summed E-state index contributed by atoms with van der Waals surface area (Å²) in [6.45, 7) is 7.98. The molecule has 0 amide bonds. The molecular formula is C14H22BrNO. The highest BCUT2D eigenvalue weighted by Crippen LogP contribution is 2.05. The van der Waals surface area contributed by atoms with E-state index in [4.69, 9.17) is 4.74 Å². The standard InChI is InChI=1S/C14H22BrNO/c1-13(2)17-11-10-16(9-8-15)12-14-6-4-3-5-7-14/h3-7,13H,8-12H2,1-2H3. The van der Waals surface area contributed by atoms with Gasteiger partial charge in [-0.25, -0.2) is 0 Å². The maximum Gasteiger partial charge on any atom is 0.0597 e. The summed E-state index contributed by atoms with van der Waals surface area (Å²) in [5.41, 5.74) is 1.36. The molecule has 0 fully saturated rings. The van der Waals surface area contributed by atoms with Gasteiger partial charge in [-0.05, 0) is 19.4 Å². The first kappa shape index (κ1) is 14.7. The van der Waals surface area contributed by atoms with E-state index in [1.54, 1.807) is 0 Å². The minimum absolute atomic E-state index is 0.317. The lowest BCUT2D eigenvalue weighted by Gasteiger charge is -2.22. The normalized spacial score (nSPS) is 11.4. The lowest BCUT2D eigenvalue weighted by molar-refractivity contribution is 0.0588. The van der Waals surface area contributed by atoms with Crippen molar-refractivity contribution in [3.8, 4) is 0 Å². The number of benzene rings is 1. The Morgan fingerprint density at radius 2 is 1.88 bits per heavy atom. The summed E-state index contributed by atoms with van der Waals surface area (Å²) < 4.78 is 5.60. The Morgan fingerprint density at radius 3 is 2.47 bits per heavy atom. The van der Waals surface area contributed by atoms with Crippen LogP contribution in [-0.2, 0) is 11.3 Å². The molecule has 0 radical (unpaired) electrons. The van der Waals surface area contributed by atoms with Crippen molar-refractivity contribution < 1.29 is 4.74 Å². The predicted molar refractivity (Wildman–Crippen MR) is 76.6 cm³/mol. The largest absolute Gasteiger partial charge is 0.377 e. The van der Waals surface area contributed by atoms with E-state index >= 15 is 0 Å². The zero-order valence-electron chi connectivity index (χ0n) is 10.7. The van der Waals surface area contributed by atoms with Crippen molar-refractivity contribution in [1.29, 1.82) is 0 Å².